The van der Waals surface area contributed by atoms with Gasteiger partial charge >= 0.3 is 11.8 Å². The molecule has 30 heavy (non-hydrogen) atoms. The second kappa shape index (κ2) is 8.73. The molecule has 3 aromatic rings. The van der Waals surface area contributed by atoms with Crippen molar-refractivity contribution in [2.24, 2.45) is 0 Å². The van der Waals surface area contributed by atoms with Gasteiger partial charge in [-0.15, -0.1) is 0 Å². The minimum atomic E-state index is -0.722. The van der Waals surface area contributed by atoms with E-state index in [1.807, 2.05) is 24.3 Å². The van der Waals surface area contributed by atoms with Gasteiger partial charge in [-0.25, -0.2) is 0 Å². The molecule has 0 saturated carbocycles. The minimum absolute atomic E-state index is 0.207. The van der Waals surface area contributed by atoms with E-state index in [9.17, 15) is 9.59 Å². The van der Waals surface area contributed by atoms with Crippen molar-refractivity contribution in [2.45, 2.75) is 12.5 Å². The molecule has 0 fully saturated rings. The number of ether oxygens (including phenoxy) is 1. The third kappa shape index (κ3) is 4.15. The van der Waals surface area contributed by atoms with Gasteiger partial charge in [0.1, 0.15) is 17.6 Å². The standard InChI is InChI=1S/C23H23N3O4/c1-29-18-10-8-17(9-11-18)25-23(28)22(27)24-15-20(21-7-4-14-30-21)26-13-12-16-5-2-3-6-19(16)26/h2-11,14,20H,12-13,15H2,1H3,(H,24,27)(H,25,28). The lowest BCUT2D eigenvalue weighted by Crippen LogP contribution is -2.41. The van der Waals surface area contributed by atoms with Crippen LogP contribution in [0.25, 0.3) is 0 Å². The predicted molar refractivity (Wildman–Crippen MR) is 114 cm³/mol. The average Bonchev–Trinajstić information content (AvgIpc) is 3.45. The second-order valence-electron chi connectivity index (χ2n) is 7.00. The lowest BCUT2D eigenvalue weighted by atomic mass is 10.1. The number of nitrogens with zero attached hydrogens (tertiary/aromatic N) is 1. The first-order chi connectivity index (χ1) is 14.7. The minimum Gasteiger partial charge on any atom is -0.497 e. The van der Waals surface area contributed by atoms with Crippen LogP contribution in [0, 0.1) is 0 Å². The smallest absolute Gasteiger partial charge is 0.313 e. The Labute approximate surface area is 174 Å². The molecule has 1 unspecified atom stereocenters. The summed E-state index contributed by atoms with van der Waals surface area (Å²) in [5.41, 5.74) is 2.90. The summed E-state index contributed by atoms with van der Waals surface area (Å²) in [4.78, 5) is 26.9. The van der Waals surface area contributed by atoms with Gasteiger partial charge in [0, 0.05) is 24.5 Å². The molecular weight excluding hydrogens is 382 g/mol. The zero-order chi connectivity index (χ0) is 20.9. The van der Waals surface area contributed by atoms with E-state index in [2.05, 4.69) is 27.7 Å². The monoisotopic (exact) mass is 405 g/mol. The number of methoxy groups -OCH3 is 1. The molecule has 0 aliphatic carbocycles. The number of anilines is 2. The van der Waals surface area contributed by atoms with E-state index in [4.69, 9.17) is 9.15 Å². The van der Waals surface area contributed by atoms with Crippen molar-refractivity contribution in [3.8, 4) is 5.75 Å². The summed E-state index contributed by atoms with van der Waals surface area (Å²) in [6.45, 7) is 1.06. The van der Waals surface area contributed by atoms with Crippen LogP contribution in [0.3, 0.4) is 0 Å². The molecule has 7 heteroatoms. The van der Waals surface area contributed by atoms with Crippen LogP contribution >= 0.6 is 0 Å². The van der Waals surface area contributed by atoms with Crippen LogP contribution in [-0.2, 0) is 16.0 Å². The topological polar surface area (TPSA) is 83.8 Å². The van der Waals surface area contributed by atoms with Gasteiger partial charge in [0.05, 0.1) is 13.4 Å². The molecule has 2 amide bonds. The molecule has 0 spiro atoms. The van der Waals surface area contributed by atoms with E-state index in [1.165, 1.54) is 5.56 Å². The molecule has 1 atom stereocenters. The molecule has 4 rings (SSSR count). The van der Waals surface area contributed by atoms with Gasteiger partial charge in [-0.05, 0) is 54.4 Å². The number of hydrogen-bond donors (Lipinski definition) is 2. The first kappa shape index (κ1) is 19.6. The van der Waals surface area contributed by atoms with E-state index >= 15 is 0 Å². The number of benzene rings is 2. The first-order valence-electron chi connectivity index (χ1n) is 9.77. The fraction of sp³-hybridized carbons (Fsp3) is 0.217. The maximum Gasteiger partial charge on any atom is 0.313 e. The molecular formula is C23H23N3O4. The fourth-order valence-corrected chi connectivity index (χ4v) is 3.66. The van der Waals surface area contributed by atoms with Gasteiger partial charge in [0.2, 0.25) is 0 Å². The Morgan fingerprint density at radius 3 is 2.60 bits per heavy atom. The van der Waals surface area contributed by atoms with E-state index < -0.39 is 11.8 Å². The number of carbonyl (C=O) groups excluding carboxylic acids is 2. The molecule has 7 nitrogen and oxygen atoms in total. The van der Waals surface area contributed by atoms with Crippen molar-refractivity contribution in [1.82, 2.24) is 5.32 Å². The lowest BCUT2D eigenvalue weighted by molar-refractivity contribution is -0.136. The van der Waals surface area contributed by atoms with Crippen LogP contribution in [0.1, 0.15) is 17.4 Å². The van der Waals surface area contributed by atoms with Crippen LogP contribution in [0.2, 0.25) is 0 Å². The third-order valence-electron chi connectivity index (χ3n) is 5.18. The van der Waals surface area contributed by atoms with Crippen LogP contribution < -0.4 is 20.3 Å². The van der Waals surface area contributed by atoms with Crippen molar-refractivity contribution in [2.75, 3.05) is 30.4 Å². The van der Waals surface area contributed by atoms with Crippen LogP contribution in [-0.4, -0.2) is 32.0 Å². The number of fused-ring (bicyclic) bond motifs is 1. The van der Waals surface area contributed by atoms with Crippen LogP contribution in [0.5, 0.6) is 5.75 Å². The zero-order valence-electron chi connectivity index (χ0n) is 16.6. The summed E-state index contributed by atoms with van der Waals surface area (Å²) in [7, 11) is 1.56. The Morgan fingerprint density at radius 1 is 1.07 bits per heavy atom. The summed E-state index contributed by atoms with van der Waals surface area (Å²) >= 11 is 0. The lowest BCUT2D eigenvalue weighted by Gasteiger charge is -2.29. The van der Waals surface area contributed by atoms with Gasteiger partial charge in [-0.2, -0.15) is 0 Å². The largest absolute Gasteiger partial charge is 0.497 e. The van der Waals surface area contributed by atoms with Crippen molar-refractivity contribution in [3.05, 3.63) is 78.3 Å². The number of para-hydroxylation sites is 1. The van der Waals surface area contributed by atoms with E-state index in [-0.39, 0.29) is 12.6 Å². The Hall–Kier alpha value is -3.74. The number of rotatable bonds is 6. The van der Waals surface area contributed by atoms with Gasteiger partial charge < -0.3 is 24.7 Å². The van der Waals surface area contributed by atoms with E-state index in [0.29, 0.717) is 11.4 Å². The van der Waals surface area contributed by atoms with Crippen molar-refractivity contribution < 1.29 is 18.7 Å². The SMILES string of the molecule is COc1ccc(NC(=O)C(=O)NCC(c2ccco2)N2CCc3ccccc32)cc1. The molecule has 0 radical (unpaired) electrons. The molecule has 2 aromatic carbocycles. The highest BCUT2D eigenvalue weighted by Crippen LogP contribution is 2.34. The van der Waals surface area contributed by atoms with Gasteiger partial charge in [-0.3, -0.25) is 9.59 Å². The van der Waals surface area contributed by atoms with Crippen molar-refractivity contribution in [1.29, 1.82) is 0 Å². The highest BCUT2D eigenvalue weighted by molar-refractivity contribution is 6.39. The molecule has 1 aromatic heterocycles. The summed E-state index contributed by atoms with van der Waals surface area (Å²) < 4.78 is 10.7. The number of hydrogen-bond acceptors (Lipinski definition) is 5. The maximum absolute atomic E-state index is 12.4. The number of amides is 2. The molecule has 0 saturated heterocycles. The zero-order valence-corrected chi connectivity index (χ0v) is 16.6. The second-order valence-corrected chi connectivity index (χ2v) is 7.00. The summed E-state index contributed by atoms with van der Waals surface area (Å²) in [5.74, 6) is -0.0118. The van der Waals surface area contributed by atoms with Crippen molar-refractivity contribution in [3.63, 3.8) is 0 Å². The molecule has 154 valence electrons. The van der Waals surface area contributed by atoms with E-state index in [0.717, 1.165) is 24.4 Å². The predicted octanol–water partition coefficient (Wildman–Crippen LogP) is 3.15. The Bertz CT molecular complexity index is 1020. The average molecular weight is 405 g/mol. The van der Waals surface area contributed by atoms with Crippen molar-refractivity contribution >= 4 is 23.2 Å². The molecule has 2 N–H and O–H groups in total. The van der Waals surface area contributed by atoms with Gasteiger partial charge in [0.15, 0.2) is 0 Å². The Balaban J connectivity index is 1.42. The third-order valence-corrected chi connectivity index (χ3v) is 5.18. The first-order valence-corrected chi connectivity index (χ1v) is 9.77. The Kier molecular flexibility index (Phi) is 5.70. The maximum atomic E-state index is 12.4. The normalized spacial score (nSPS) is 13.4. The molecule has 1 aliphatic rings. The summed E-state index contributed by atoms with van der Waals surface area (Å²) in [5, 5.41) is 5.34. The number of nitrogens with one attached hydrogen (secondary N) is 2. The quantitative estimate of drug-likeness (QED) is 0.616. The highest BCUT2D eigenvalue weighted by atomic mass is 16.5. The van der Waals surface area contributed by atoms with Gasteiger partial charge in [0.25, 0.3) is 0 Å². The molecule has 0 bridgehead atoms. The summed E-state index contributed by atoms with van der Waals surface area (Å²) in [6.07, 6.45) is 2.54. The fourth-order valence-electron chi connectivity index (χ4n) is 3.66. The van der Waals surface area contributed by atoms with Gasteiger partial charge in [-0.1, -0.05) is 18.2 Å². The Morgan fingerprint density at radius 2 is 1.87 bits per heavy atom. The molecule has 1 aliphatic heterocycles. The summed E-state index contributed by atoms with van der Waals surface area (Å²) in [6, 6.07) is 18.5. The van der Waals surface area contributed by atoms with Crippen LogP contribution in [0.15, 0.2) is 71.3 Å². The highest BCUT2D eigenvalue weighted by Gasteiger charge is 2.29. The molecule has 2 heterocycles. The van der Waals surface area contributed by atoms with Crippen LogP contribution in [0.4, 0.5) is 11.4 Å². The number of furan rings is 1. The number of carbonyl (C=O) groups is 2. The van der Waals surface area contributed by atoms with E-state index in [1.54, 1.807) is 37.6 Å².